The molecule has 1 fully saturated rings. The van der Waals surface area contributed by atoms with Gasteiger partial charge in [0.2, 0.25) is 5.95 Å². The van der Waals surface area contributed by atoms with Crippen LogP contribution >= 0.6 is 0 Å². The summed E-state index contributed by atoms with van der Waals surface area (Å²) in [6, 6.07) is 8.59. The maximum Gasteiger partial charge on any atom is 0.229 e. The zero-order chi connectivity index (χ0) is 19.9. The first-order chi connectivity index (χ1) is 14.3. The lowest BCUT2D eigenvalue weighted by Gasteiger charge is -2.28. The van der Waals surface area contributed by atoms with Gasteiger partial charge in [-0.3, -0.25) is 0 Å². The molecule has 4 rings (SSSR count). The molecule has 0 atom stereocenters. The van der Waals surface area contributed by atoms with E-state index in [1.165, 1.54) is 24.9 Å². The second-order valence-corrected chi connectivity index (χ2v) is 7.58. The van der Waals surface area contributed by atoms with Gasteiger partial charge in [-0.1, -0.05) is 25.0 Å². The number of unbranched alkanes of at least 4 members (excludes halogenated alkanes) is 1. The Morgan fingerprint density at radius 2 is 1.90 bits per heavy atom. The molecule has 5 nitrogen and oxygen atoms in total. The normalized spacial score (nSPS) is 15.5. The van der Waals surface area contributed by atoms with Crippen LogP contribution in [-0.2, 0) is 0 Å². The molecule has 150 valence electrons. The molecule has 0 spiro atoms. The topological polar surface area (TPSA) is 44.3 Å². The van der Waals surface area contributed by atoms with Crippen LogP contribution in [0.15, 0.2) is 36.5 Å². The lowest BCUT2D eigenvalue weighted by atomic mass is 10.1. The van der Waals surface area contributed by atoms with E-state index in [0.29, 0.717) is 12.5 Å². The summed E-state index contributed by atoms with van der Waals surface area (Å²) < 4.78 is 0. The average Bonchev–Trinajstić information content (AvgIpc) is 2.78. The Morgan fingerprint density at radius 1 is 1.07 bits per heavy atom. The number of nitrogens with one attached hydrogen (secondary N) is 1. The fraction of sp³-hybridized carbons (Fsp3) is 0.417. The Labute approximate surface area is 173 Å². The van der Waals surface area contributed by atoms with E-state index in [-0.39, 0.29) is 0 Å². The van der Waals surface area contributed by atoms with Crippen molar-refractivity contribution in [1.82, 2.24) is 9.97 Å². The molecular weight excluding hydrogens is 358 g/mol. The van der Waals surface area contributed by atoms with E-state index in [9.17, 15) is 0 Å². The summed E-state index contributed by atoms with van der Waals surface area (Å²) in [5, 5.41) is 3.35. The third-order valence-corrected chi connectivity index (χ3v) is 5.33. The zero-order valence-electron chi connectivity index (χ0n) is 17.2. The van der Waals surface area contributed by atoms with Crippen molar-refractivity contribution < 1.29 is 0 Å². The summed E-state index contributed by atoms with van der Waals surface area (Å²) in [5.41, 5.74) is 3.34. The second kappa shape index (κ2) is 9.47. The molecule has 0 unspecified atom stereocenters. The number of anilines is 4. The Kier molecular flexibility index (Phi) is 6.31. The van der Waals surface area contributed by atoms with Crippen LogP contribution in [0.25, 0.3) is 6.08 Å². The lowest BCUT2D eigenvalue weighted by Crippen LogP contribution is -2.29. The van der Waals surface area contributed by atoms with Crippen LogP contribution in [-0.4, -0.2) is 36.1 Å². The van der Waals surface area contributed by atoms with Gasteiger partial charge in [0.1, 0.15) is 5.82 Å². The smallest absolute Gasteiger partial charge is 0.229 e. The first-order valence-electron chi connectivity index (χ1n) is 10.7. The van der Waals surface area contributed by atoms with E-state index in [0.717, 1.165) is 49.5 Å². The molecule has 2 aliphatic heterocycles. The van der Waals surface area contributed by atoms with Crippen LogP contribution in [0.3, 0.4) is 0 Å². The minimum Gasteiger partial charge on any atom is -0.372 e. The molecule has 0 saturated carbocycles. The van der Waals surface area contributed by atoms with E-state index >= 15 is 0 Å². The van der Waals surface area contributed by atoms with Gasteiger partial charge in [0.05, 0.1) is 6.54 Å². The van der Waals surface area contributed by atoms with Crippen molar-refractivity contribution in [1.29, 1.82) is 0 Å². The molecule has 1 aromatic heterocycles. The molecule has 2 aliphatic rings. The minimum absolute atomic E-state index is 0.622. The zero-order valence-corrected chi connectivity index (χ0v) is 17.2. The van der Waals surface area contributed by atoms with Gasteiger partial charge < -0.3 is 15.1 Å². The fourth-order valence-corrected chi connectivity index (χ4v) is 3.75. The average molecular weight is 388 g/mol. The summed E-state index contributed by atoms with van der Waals surface area (Å²) in [4.78, 5) is 13.9. The van der Waals surface area contributed by atoms with Crippen molar-refractivity contribution in [3.05, 3.63) is 42.1 Å². The number of aromatic nitrogens is 2. The Hall–Kier alpha value is -3.00. The first-order valence-corrected chi connectivity index (χ1v) is 10.7. The molecule has 0 bridgehead atoms. The number of hydrogen-bond donors (Lipinski definition) is 1. The SMILES string of the molecule is CCCC#CCN1CC=Cc2cnc(Nc3ccc(N4CCCCC4)cc3)nc21. The molecule has 0 radical (unpaired) electrons. The molecule has 5 heteroatoms. The van der Waals surface area contributed by atoms with Crippen molar-refractivity contribution in [2.45, 2.75) is 39.0 Å². The van der Waals surface area contributed by atoms with Gasteiger partial charge in [0, 0.05) is 49.2 Å². The number of nitrogens with zero attached hydrogens (tertiary/aromatic N) is 4. The second-order valence-electron chi connectivity index (χ2n) is 7.58. The molecule has 1 saturated heterocycles. The Morgan fingerprint density at radius 3 is 2.69 bits per heavy atom. The van der Waals surface area contributed by atoms with Gasteiger partial charge in [-0.05, 0) is 49.9 Å². The van der Waals surface area contributed by atoms with Gasteiger partial charge in [0.25, 0.3) is 0 Å². The standard InChI is InChI=1S/C24H29N5/c1-2-3-4-6-17-29-18-9-10-20-19-25-24(27-23(20)29)26-21-11-13-22(14-12-21)28-15-7-5-8-16-28/h9-14,19H,2-3,5,7-8,15-18H2,1H3,(H,25,26,27). The monoisotopic (exact) mass is 387 g/mol. The molecule has 3 heterocycles. The van der Waals surface area contributed by atoms with E-state index in [2.05, 4.69) is 75.3 Å². The van der Waals surface area contributed by atoms with Crippen molar-refractivity contribution in [3.8, 4) is 11.8 Å². The molecule has 1 aromatic carbocycles. The highest BCUT2D eigenvalue weighted by atomic mass is 15.2. The van der Waals surface area contributed by atoms with Crippen LogP contribution in [0.2, 0.25) is 0 Å². The number of piperidine rings is 1. The summed E-state index contributed by atoms with van der Waals surface area (Å²) in [7, 11) is 0. The summed E-state index contributed by atoms with van der Waals surface area (Å²) in [6.45, 7) is 5.99. The van der Waals surface area contributed by atoms with Crippen LogP contribution < -0.4 is 15.1 Å². The molecule has 1 N–H and O–H groups in total. The summed E-state index contributed by atoms with van der Waals surface area (Å²) in [5.74, 6) is 8.05. The third kappa shape index (κ3) is 4.89. The molecular formula is C24H29N5. The van der Waals surface area contributed by atoms with Gasteiger partial charge >= 0.3 is 0 Å². The molecule has 0 aliphatic carbocycles. The molecule has 0 amide bonds. The van der Waals surface area contributed by atoms with E-state index < -0.39 is 0 Å². The van der Waals surface area contributed by atoms with Crippen molar-refractivity contribution in [3.63, 3.8) is 0 Å². The van der Waals surface area contributed by atoms with Gasteiger partial charge in [-0.2, -0.15) is 4.98 Å². The van der Waals surface area contributed by atoms with Crippen LogP contribution in [0.1, 0.15) is 44.6 Å². The number of rotatable bonds is 5. The number of benzene rings is 1. The largest absolute Gasteiger partial charge is 0.372 e. The third-order valence-electron chi connectivity index (χ3n) is 5.33. The molecule has 29 heavy (non-hydrogen) atoms. The fourth-order valence-electron chi connectivity index (χ4n) is 3.75. The Balaban J connectivity index is 1.45. The first kappa shape index (κ1) is 19.3. The highest BCUT2D eigenvalue weighted by Gasteiger charge is 2.16. The minimum atomic E-state index is 0.622. The number of hydrogen-bond acceptors (Lipinski definition) is 5. The van der Waals surface area contributed by atoms with Crippen LogP contribution in [0.5, 0.6) is 0 Å². The van der Waals surface area contributed by atoms with E-state index in [1.54, 1.807) is 0 Å². The highest BCUT2D eigenvalue weighted by Crippen LogP contribution is 2.26. The maximum absolute atomic E-state index is 4.78. The van der Waals surface area contributed by atoms with E-state index in [1.807, 2.05) is 6.20 Å². The number of fused-ring (bicyclic) bond motifs is 1. The van der Waals surface area contributed by atoms with Crippen molar-refractivity contribution >= 4 is 29.2 Å². The highest BCUT2D eigenvalue weighted by molar-refractivity contribution is 5.69. The van der Waals surface area contributed by atoms with Crippen molar-refractivity contribution in [2.24, 2.45) is 0 Å². The Bertz CT molecular complexity index is 901. The predicted molar refractivity (Wildman–Crippen MR) is 122 cm³/mol. The van der Waals surface area contributed by atoms with Crippen molar-refractivity contribution in [2.75, 3.05) is 41.3 Å². The van der Waals surface area contributed by atoms with Crippen LogP contribution in [0, 0.1) is 11.8 Å². The van der Waals surface area contributed by atoms with Gasteiger partial charge in [-0.15, -0.1) is 5.92 Å². The molecule has 2 aromatic rings. The van der Waals surface area contributed by atoms with Crippen LogP contribution in [0.4, 0.5) is 23.1 Å². The quantitative estimate of drug-likeness (QED) is 0.743. The maximum atomic E-state index is 4.78. The lowest BCUT2D eigenvalue weighted by molar-refractivity contribution is 0.578. The summed E-state index contributed by atoms with van der Waals surface area (Å²) >= 11 is 0. The predicted octanol–water partition coefficient (Wildman–Crippen LogP) is 4.85. The van der Waals surface area contributed by atoms with Gasteiger partial charge in [0.15, 0.2) is 0 Å². The summed E-state index contributed by atoms with van der Waals surface area (Å²) in [6.07, 6.45) is 12.1. The van der Waals surface area contributed by atoms with Gasteiger partial charge in [-0.25, -0.2) is 4.98 Å². The van der Waals surface area contributed by atoms with E-state index in [4.69, 9.17) is 4.98 Å².